The molecule has 1 aliphatic heterocycles. The number of amides is 1. The zero-order valence-corrected chi connectivity index (χ0v) is 5.66. The number of nitrogens with zero attached hydrogens (tertiary/aromatic N) is 1. The van der Waals surface area contributed by atoms with E-state index in [0.29, 0.717) is 0 Å². The monoisotopic (exact) mass is 139 g/mol. The molecule has 0 atom stereocenters. The Kier molecular flexibility index (Phi) is 1.62. The first-order valence-corrected chi connectivity index (χ1v) is 2.87. The van der Waals surface area contributed by atoms with Gasteiger partial charge in [-0.3, -0.25) is 4.79 Å². The van der Waals surface area contributed by atoms with E-state index in [1.165, 1.54) is 11.1 Å². The second-order valence-corrected chi connectivity index (χ2v) is 2.00. The van der Waals surface area contributed by atoms with Crippen molar-refractivity contribution in [2.75, 3.05) is 7.05 Å². The van der Waals surface area contributed by atoms with Crippen LogP contribution in [0.1, 0.15) is 0 Å². The van der Waals surface area contributed by atoms with Crippen molar-refractivity contribution in [2.24, 2.45) is 5.73 Å². The van der Waals surface area contributed by atoms with E-state index in [0.717, 1.165) is 0 Å². The highest BCUT2D eigenvalue weighted by Gasteiger charge is 2.09. The van der Waals surface area contributed by atoms with Crippen molar-refractivity contribution in [3.63, 3.8) is 0 Å². The smallest absolute Gasteiger partial charge is 0.274 e. The lowest BCUT2D eigenvalue weighted by molar-refractivity contribution is -0.123. The van der Waals surface area contributed by atoms with Gasteiger partial charge in [-0.1, -0.05) is 0 Å². The molecule has 1 aliphatic rings. The third kappa shape index (κ3) is 1.10. The van der Waals surface area contributed by atoms with Crippen LogP contribution in [0.5, 0.6) is 0 Å². The molecule has 0 fully saturated rings. The molecule has 0 bridgehead atoms. The lowest BCUT2D eigenvalue weighted by Crippen LogP contribution is -2.25. The second-order valence-electron chi connectivity index (χ2n) is 2.00. The highest BCUT2D eigenvalue weighted by molar-refractivity contribution is 5.93. The Hall–Kier alpha value is -1.45. The molecular weight excluding hydrogens is 130 g/mol. The molecule has 0 aliphatic carbocycles. The van der Waals surface area contributed by atoms with Crippen LogP contribution in [0.15, 0.2) is 24.3 Å². The van der Waals surface area contributed by atoms with Crippen LogP contribution in [-0.2, 0) is 4.79 Å². The zero-order valence-electron chi connectivity index (χ0n) is 5.66. The Morgan fingerprint density at radius 1 is 1.70 bits per heavy atom. The number of carbonyl (C=O) groups is 1. The van der Waals surface area contributed by atoms with Crippen molar-refractivity contribution in [3.05, 3.63) is 24.3 Å². The van der Waals surface area contributed by atoms with E-state index in [-0.39, 0.29) is 11.6 Å². The lowest BCUT2D eigenvalue weighted by Gasteiger charge is -2.08. The van der Waals surface area contributed by atoms with E-state index < -0.39 is 0 Å². The fraction of sp³-hybridized carbons (Fsp3) is 0.167. The summed E-state index contributed by atoms with van der Waals surface area (Å²) in [6, 6.07) is 0. The Balaban J connectivity index is 2.85. The van der Waals surface area contributed by atoms with Gasteiger partial charge < -0.3 is 16.0 Å². The molecule has 1 heterocycles. The van der Waals surface area contributed by atoms with Gasteiger partial charge in [0.15, 0.2) is 0 Å². The van der Waals surface area contributed by atoms with Crippen molar-refractivity contribution in [3.8, 4) is 0 Å². The first-order valence-electron chi connectivity index (χ1n) is 2.87. The van der Waals surface area contributed by atoms with Crippen LogP contribution in [0.3, 0.4) is 0 Å². The number of hydrogen-bond acceptors (Lipinski definition) is 3. The van der Waals surface area contributed by atoms with Crippen LogP contribution in [-0.4, -0.2) is 17.9 Å². The standard InChI is InChI=1S/C6H9N3O/c1-9-3-2-8-4-5(7)6(9)10/h2-4,8H,7H2,1H3. The molecule has 0 aromatic carbocycles. The van der Waals surface area contributed by atoms with Crippen molar-refractivity contribution < 1.29 is 4.79 Å². The molecule has 0 spiro atoms. The van der Waals surface area contributed by atoms with Gasteiger partial charge >= 0.3 is 0 Å². The van der Waals surface area contributed by atoms with E-state index in [1.807, 2.05) is 0 Å². The fourth-order valence-electron chi connectivity index (χ4n) is 0.626. The van der Waals surface area contributed by atoms with E-state index in [9.17, 15) is 4.79 Å². The van der Waals surface area contributed by atoms with Crippen LogP contribution in [0.4, 0.5) is 0 Å². The minimum absolute atomic E-state index is 0.193. The summed E-state index contributed by atoms with van der Waals surface area (Å²) in [6.45, 7) is 0. The number of likely N-dealkylation sites (N-methyl/N-ethyl adjacent to an activating group) is 1. The molecule has 54 valence electrons. The summed E-state index contributed by atoms with van der Waals surface area (Å²) < 4.78 is 0. The number of rotatable bonds is 0. The molecule has 0 aromatic rings. The molecule has 1 amide bonds. The quantitative estimate of drug-likeness (QED) is 0.467. The summed E-state index contributed by atoms with van der Waals surface area (Å²) in [5.74, 6) is -0.193. The summed E-state index contributed by atoms with van der Waals surface area (Å²) in [6.07, 6.45) is 4.71. The number of hydrogen-bond donors (Lipinski definition) is 2. The van der Waals surface area contributed by atoms with Crippen molar-refractivity contribution in [1.29, 1.82) is 0 Å². The van der Waals surface area contributed by atoms with Gasteiger partial charge in [0, 0.05) is 25.6 Å². The molecule has 0 unspecified atom stereocenters. The average molecular weight is 139 g/mol. The van der Waals surface area contributed by atoms with Gasteiger partial charge in [-0.25, -0.2) is 0 Å². The predicted molar refractivity (Wildman–Crippen MR) is 37.3 cm³/mol. The second kappa shape index (κ2) is 2.43. The molecule has 0 radical (unpaired) electrons. The highest BCUT2D eigenvalue weighted by atomic mass is 16.2. The van der Waals surface area contributed by atoms with Gasteiger partial charge in [-0.05, 0) is 0 Å². The molecule has 0 aromatic heterocycles. The third-order valence-electron chi connectivity index (χ3n) is 1.20. The summed E-state index contributed by atoms with van der Waals surface area (Å²) in [5, 5.41) is 2.73. The molecule has 4 heteroatoms. The van der Waals surface area contributed by atoms with E-state index >= 15 is 0 Å². The summed E-state index contributed by atoms with van der Waals surface area (Å²) >= 11 is 0. The summed E-state index contributed by atoms with van der Waals surface area (Å²) in [7, 11) is 1.65. The fourth-order valence-corrected chi connectivity index (χ4v) is 0.626. The lowest BCUT2D eigenvalue weighted by atomic mass is 10.4. The largest absolute Gasteiger partial charge is 0.393 e. The molecule has 1 rings (SSSR count). The van der Waals surface area contributed by atoms with E-state index in [2.05, 4.69) is 5.32 Å². The Morgan fingerprint density at radius 2 is 2.40 bits per heavy atom. The first kappa shape index (κ1) is 6.67. The first-order chi connectivity index (χ1) is 4.72. The van der Waals surface area contributed by atoms with Crippen LogP contribution in [0.2, 0.25) is 0 Å². The number of nitrogens with one attached hydrogen (secondary N) is 1. The molecule has 3 N–H and O–H groups in total. The highest BCUT2D eigenvalue weighted by Crippen LogP contribution is 1.95. The van der Waals surface area contributed by atoms with Crippen molar-refractivity contribution in [1.82, 2.24) is 10.2 Å². The summed E-state index contributed by atoms with van der Waals surface area (Å²) in [4.78, 5) is 12.4. The van der Waals surface area contributed by atoms with Crippen molar-refractivity contribution in [2.45, 2.75) is 0 Å². The summed E-state index contributed by atoms with van der Waals surface area (Å²) in [5.41, 5.74) is 5.55. The number of nitrogens with two attached hydrogens (primary N) is 1. The molecule has 0 saturated heterocycles. The third-order valence-corrected chi connectivity index (χ3v) is 1.20. The Morgan fingerprint density at radius 3 is 3.10 bits per heavy atom. The normalized spacial score (nSPS) is 17.9. The van der Waals surface area contributed by atoms with Crippen LogP contribution in [0.25, 0.3) is 0 Å². The van der Waals surface area contributed by atoms with Gasteiger partial charge in [-0.2, -0.15) is 0 Å². The van der Waals surface area contributed by atoms with Gasteiger partial charge in [-0.15, -0.1) is 0 Å². The zero-order chi connectivity index (χ0) is 7.56. The average Bonchev–Trinajstić information content (AvgIpc) is 2.04. The van der Waals surface area contributed by atoms with E-state index in [4.69, 9.17) is 5.73 Å². The predicted octanol–water partition coefficient (Wildman–Crippen LogP) is -0.681. The molecule has 10 heavy (non-hydrogen) atoms. The van der Waals surface area contributed by atoms with Crippen LogP contribution >= 0.6 is 0 Å². The molecule has 4 nitrogen and oxygen atoms in total. The topological polar surface area (TPSA) is 58.4 Å². The van der Waals surface area contributed by atoms with Crippen LogP contribution in [0, 0.1) is 0 Å². The van der Waals surface area contributed by atoms with E-state index in [1.54, 1.807) is 19.4 Å². The van der Waals surface area contributed by atoms with Gasteiger partial charge in [0.1, 0.15) is 5.70 Å². The molecular formula is C6H9N3O. The number of carbonyl (C=O) groups excluding carboxylic acids is 1. The minimum Gasteiger partial charge on any atom is -0.393 e. The maximum Gasteiger partial charge on any atom is 0.274 e. The van der Waals surface area contributed by atoms with Gasteiger partial charge in [0.05, 0.1) is 0 Å². The SMILES string of the molecule is CN1C=CNC=C(N)C1=O. The van der Waals surface area contributed by atoms with Gasteiger partial charge in [0.2, 0.25) is 0 Å². The molecule has 0 saturated carbocycles. The minimum atomic E-state index is -0.193. The maximum atomic E-state index is 11.0. The van der Waals surface area contributed by atoms with Crippen molar-refractivity contribution >= 4 is 5.91 Å². The Labute approximate surface area is 59.0 Å². The van der Waals surface area contributed by atoms with Gasteiger partial charge in [0.25, 0.3) is 5.91 Å². The Bertz CT molecular complexity index is 207. The van der Waals surface area contributed by atoms with Crippen LogP contribution < -0.4 is 11.1 Å². The maximum absolute atomic E-state index is 11.0.